The number of rotatable bonds is 3. The van der Waals surface area contributed by atoms with E-state index in [1.807, 2.05) is 12.1 Å². The van der Waals surface area contributed by atoms with Crippen molar-refractivity contribution in [2.75, 3.05) is 17.3 Å². The van der Waals surface area contributed by atoms with Crippen LogP contribution in [0.25, 0.3) is 0 Å². The molecule has 0 unspecified atom stereocenters. The van der Waals surface area contributed by atoms with Gasteiger partial charge in [-0.3, -0.25) is 0 Å². The van der Waals surface area contributed by atoms with Crippen LogP contribution in [0, 0.1) is 6.92 Å². The van der Waals surface area contributed by atoms with Gasteiger partial charge in [0.2, 0.25) is 0 Å². The number of nitrogen functional groups attached to an aromatic ring is 1. The molecule has 2 aromatic rings. The molecule has 0 spiro atoms. The highest BCUT2D eigenvalue weighted by Gasteiger charge is 2.02. The fourth-order valence-electron chi connectivity index (χ4n) is 1.68. The van der Waals surface area contributed by atoms with Gasteiger partial charge in [0.1, 0.15) is 0 Å². The molecule has 0 saturated carbocycles. The summed E-state index contributed by atoms with van der Waals surface area (Å²) in [5, 5.41) is 3.36. The first-order valence-corrected chi connectivity index (χ1v) is 6.69. The zero-order valence-corrected chi connectivity index (χ0v) is 10.8. The summed E-state index contributed by atoms with van der Waals surface area (Å²) in [6.07, 6.45) is 2.07. The predicted molar refractivity (Wildman–Crippen MR) is 77.1 cm³/mol. The first-order valence-electron chi connectivity index (χ1n) is 5.47. The Morgan fingerprint density at radius 2 is 1.76 bits per heavy atom. The van der Waals surface area contributed by atoms with Crippen LogP contribution in [-0.2, 0) is 0 Å². The number of nitrogens with two attached hydrogens (primary N) is 1. The average Bonchev–Trinajstić information content (AvgIpc) is 2.35. The van der Waals surface area contributed by atoms with Gasteiger partial charge in [0.15, 0.2) is 0 Å². The number of hydrogen-bond acceptors (Lipinski definition) is 3. The van der Waals surface area contributed by atoms with E-state index in [1.54, 1.807) is 11.8 Å². The minimum Gasteiger partial charge on any atom is -0.397 e. The zero-order chi connectivity index (χ0) is 12.3. The zero-order valence-electron chi connectivity index (χ0n) is 10.0. The third-order valence-corrected chi connectivity index (χ3v) is 3.41. The molecular weight excluding hydrogens is 228 g/mol. The lowest BCUT2D eigenvalue weighted by molar-refractivity contribution is 1.41. The van der Waals surface area contributed by atoms with Crippen molar-refractivity contribution in [2.24, 2.45) is 0 Å². The van der Waals surface area contributed by atoms with Crippen molar-refractivity contribution in [3.8, 4) is 0 Å². The van der Waals surface area contributed by atoms with Gasteiger partial charge >= 0.3 is 0 Å². The Morgan fingerprint density at radius 3 is 2.35 bits per heavy atom. The van der Waals surface area contributed by atoms with E-state index >= 15 is 0 Å². The maximum atomic E-state index is 5.96. The maximum absolute atomic E-state index is 5.96. The highest BCUT2D eigenvalue weighted by atomic mass is 32.2. The van der Waals surface area contributed by atoms with Crippen molar-refractivity contribution < 1.29 is 0 Å². The molecule has 2 rings (SSSR count). The van der Waals surface area contributed by atoms with Crippen LogP contribution in [0.4, 0.5) is 17.1 Å². The van der Waals surface area contributed by atoms with Crippen LogP contribution < -0.4 is 11.1 Å². The molecule has 3 heteroatoms. The lowest BCUT2D eigenvalue weighted by Crippen LogP contribution is -1.98. The van der Waals surface area contributed by atoms with E-state index in [4.69, 9.17) is 5.73 Å². The fourth-order valence-corrected chi connectivity index (χ4v) is 2.09. The van der Waals surface area contributed by atoms with E-state index in [9.17, 15) is 0 Å². The third-order valence-electron chi connectivity index (χ3n) is 2.66. The summed E-state index contributed by atoms with van der Waals surface area (Å²) < 4.78 is 0. The Kier molecular flexibility index (Phi) is 3.59. The van der Waals surface area contributed by atoms with Crippen molar-refractivity contribution in [1.82, 2.24) is 0 Å². The minimum atomic E-state index is 0.777. The third kappa shape index (κ3) is 2.74. The molecule has 17 heavy (non-hydrogen) atoms. The van der Waals surface area contributed by atoms with Crippen LogP contribution in [0.5, 0.6) is 0 Å². The summed E-state index contributed by atoms with van der Waals surface area (Å²) >= 11 is 1.74. The van der Waals surface area contributed by atoms with Gasteiger partial charge in [0.25, 0.3) is 0 Å². The quantitative estimate of drug-likeness (QED) is 0.632. The molecule has 3 N–H and O–H groups in total. The SMILES string of the molecule is CSc1ccc(Nc2c(C)cccc2N)cc1. The normalized spacial score (nSPS) is 10.2. The van der Waals surface area contributed by atoms with E-state index in [0.717, 1.165) is 22.6 Å². The van der Waals surface area contributed by atoms with E-state index in [-0.39, 0.29) is 0 Å². The van der Waals surface area contributed by atoms with Crippen molar-refractivity contribution in [3.05, 3.63) is 48.0 Å². The van der Waals surface area contributed by atoms with Crippen molar-refractivity contribution >= 4 is 28.8 Å². The summed E-state index contributed by atoms with van der Waals surface area (Å²) in [5.41, 5.74) is 9.94. The summed E-state index contributed by atoms with van der Waals surface area (Å²) in [6.45, 7) is 2.05. The largest absolute Gasteiger partial charge is 0.397 e. The number of nitrogens with one attached hydrogen (secondary N) is 1. The lowest BCUT2D eigenvalue weighted by atomic mass is 10.1. The number of thioether (sulfide) groups is 1. The second kappa shape index (κ2) is 5.15. The van der Waals surface area contributed by atoms with Gasteiger partial charge in [-0.05, 0) is 49.1 Å². The topological polar surface area (TPSA) is 38.0 Å². The van der Waals surface area contributed by atoms with Crippen LogP contribution in [0.1, 0.15) is 5.56 Å². The minimum absolute atomic E-state index is 0.777. The molecule has 0 amide bonds. The van der Waals surface area contributed by atoms with Crippen molar-refractivity contribution in [2.45, 2.75) is 11.8 Å². The Hall–Kier alpha value is -1.61. The molecule has 0 aromatic heterocycles. The molecule has 0 aliphatic rings. The first kappa shape index (κ1) is 11.9. The van der Waals surface area contributed by atoms with Gasteiger partial charge in [0, 0.05) is 10.6 Å². The van der Waals surface area contributed by atoms with Crippen LogP contribution in [0.2, 0.25) is 0 Å². The molecule has 0 bridgehead atoms. The molecule has 0 fully saturated rings. The number of benzene rings is 2. The molecule has 2 nitrogen and oxygen atoms in total. The smallest absolute Gasteiger partial charge is 0.0647 e. The second-order valence-electron chi connectivity index (χ2n) is 3.89. The van der Waals surface area contributed by atoms with Crippen molar-refractivity contribution in [1.29, 1.82) is 0 Å². The summed E-state index contributed by atoms with van der Waals surface area (Å²) in [7, 11) is 0. The Bertz CT molecular complexity index is 486. The van der Waals surface area contributed by atoms with Gasteiger partial charge in [-0.15, -0.1) is 11.8 Å². The molecule has 0 aliphatic carbocycles. The Morgan fingerprint density at radius 1 is 1.06 bits per heavy atom. The molecule has 88 valence electrons. The Labute approximate surface area is 106 Å². The summed E-state index contributed by atoms with van der Waals surface area (Å²) in [4.78, 5) is 1.26. The average molecular weight is 244 g/mol. The molecule has 0 saturated heterocycles. The van der Waals surface area contributed by atoms with Crippen LogP contribution in [0.3, 0.4) is 0 Å². The predicted octanol–water partition coefficient (Wildman–Crippen LogP) is 4.04. The molecular formula is C14H16N2S. The first-order chi connectivity index (χ1) is 8.20. The van der Waals surface area contributed by atoms with E-state index < -0.39 is 0 Å². The molecule has 0 atom stereocenters. The molecule has 2 aromatic carbocycles. The number of aryl methyl sites for hydroxylation is 1. The van der Waals surface area contributed by atoms with Crippen LogP contribution >= 0.6 is 11.8 Å². The second-order valence-corrected chi connectivity index (χ2v) is 4.77. The van der Waals surface area contributed by atoms with E-state index in [2.05, 4.69) is 48.8 Å². The molecule has 0 aliphatic heterocycles. The molecule has 0 heterocycles. The van der Waals surface area contributed by atoms with Gasteiger partial charge in [-0.25, -0.2) is 0 Å². The monoisotopic (exact) mass is 244 g/mol. The van der Waals surface area contributed by atoms with Crippen molar-refractivity contribution in [3.63, 3.8) is 0 Å². The molecule has 0 radical (unpaired) electrons. The maximum Gasteiger partial charge on any atom is 0.0647 e. The van der Waals surface area contributed by atoms with Gasteiger partial charge in [-0.1, -0.05) is 12.1 Å². The lowest BCUT2D eigenvalue weighted by Gasteiger charge is -2.12. The van der Waals surface area contributed by atoms with E-state index in [0.29, 0.717) is 0 Å². The number of anilines is 3. The fraction of sp³-hybridized carbons (Fsp3) is 0.143. The standard InChI is InChI=1S/C14H16N2S/c1-10-4-3-5-13(15)14(10)16-11-6-8-12(17-2)9-7-11/h3-9,16H,15H2,1-2H3. The van der Waals surface area contributed by atoms with E-state index in [1.165, 1.54) is 4.90 Å². The van der Waals surface area contributed by atoms with Crippen LogP contribution in [0.15, 0.2) is 47.4 Å². The number of hydrogen-bond donors (Lipinski definition) is 2. The van der Waals surface area contributed by atoms with Crippen LogP contribution in [-0.4, -0.2) is 6.26 Å². The highest BCUT2D eigenvalue weighted by Crippen LogP contribution is 2.27. The van der Waals surface area contributed by atoms with Gasteiger partial charge < -0.3 is 11.1 Å². The van der Waals surface area contributed by atoms with Gasteiger partial charge in [0.05, 0.1) is 11.4 Å². The number of para-hydroxylation sites is 1. The summed E-state index contributed by atoms with van der Waals surface area (Å²) in [6, 6.07) is 14.3. The highest BCUT2D eigenvalue weighted by molar-refractivity contribution is 7.98. The Balaban J connectivity index is 2.25. The summed E-state index contributed by atoms with van der Waals surface area (Å²) in [5.74, 6) is 0. The van der Waals surface area contributed by atoms with Gasteiger partial charge in [-0.2, -0.15) is 0 Å².